The van der Waals surface area contributed by atoms with Gasteiger partial charge < -0.3 is 4.74 Å². The van der Waals surface area contributed by atoms with Gasteiger partial charge in [-0.05, 0) is 40.9 Å². The van der Waals surface area contributed by atoms with Crippen LogP contribution in [0.25, 0.3) is 5.69 Å². The van der Waals surface area contributed by atoms with Gasteiger partial charge in [0.05, 0.1) is 5.69 Å². The number of rotatable bonds is 5. The molecule has 0 saturated carbocycles. The van der Waals surface area contributed by atoms with Gasteiger partial charge in [0.15, 0.2) is 17.7 Å². The Hall–Kier alpha value is -3.34. The third-order valence-electron chi connectivity index (χ3n) is 3.26. The van der Waals surface area contributed by atoms with Gasteiger partial charge in [0, 0.05) is 0 Å². The fourth-order valence-corrected chi connectivity index (χ4v) is 2.76. The van der Waals surface area contributed by atoms with Gasteiger partial charge in [0.25, 0.3) is 11.8 Å². The fraction of sp³-hybridized carbons (Fsp3) is 0.133. The molecule has 134 valence electrons. The molecule has 2 N–H and O–H groups in total. The predicted octanol–water partition coefficient (Wildman–Crippen LogP) is 1.09. The molecule has 1 aromatic carbocycles. The van der Waals surface area contributed by atoms with E-state index in [9.17, 15) is 14.0 Å². The highest BCUT2D eigenvalue weighted by Gasteiger charge is 2.19. The average molecular weight is 376 g/mol. The van der Waals surface area contributed by atoms with E-state index in [1.54, 1.807) is 17.5 Å². The van der Waals surface area contributed by atoms with Crippen molar-refractivity contribution in [3.63, 3.8) is 0 Å². The van der Waals surface area contributed by atoms with Gasteiger partial charge in [0.1, 0.15) is 11.2 Å². The molecule has 1 unspecified atom stereocenters. The Labute approximate surface area is 150 Å². The molecule has 2 aromatic heterocycles. The van der Waals surface area contributed by atoms with Crippen molar-refractivity contribution in [3.8, 4) is 11.4 Å². The van der Waals surface area contributed by atoms with Crippen LogP contribution in [0.15, 0.2) is 42.0 Å². The Morgan fingerprint density at radius 3 is 2.81 bits per heavy atom. The minimum Gasteiger partial charge on any atom is -0.478 e. The van der Waals surface area contributed by atoms with Crippen molar-refractivity contribution in [2.24, 2.45) is 0 Å². The number of thiophene rings is 1. The Kier molecular flexibility index (Phi) is 5.17. The van der Waals surface area contributed by atoms with E-state index in [2.05, 4.69) is 26.4 Å². The summed E-state index contributed by atoms with van der Waals surface area (Å²) < 4.78 is 20.1. The molecule has 0 bridgehead atoms. The molecule has 0 spiro atoms. The zero-order valence-electron chi connectivity index (χ0n) is 13.4. The first kappa shape index (κ1) is 17.5. The number of halogens is 1. The van der Waals surface area contributed by atoms with Gasteiger partial charge in [-0.2, -0.15) is 4.68 Å². The Bertz CT molecular complexity index is 914. The second kappa shape index (κ2) is 7.70. The molecule has 0 aliphatic carbocycles. The highest BCUT2D eigenvalue weighted by atomic mass is 32.1. The van der Waals surface area contributed by atoms with E-state index in [0.717, 1.165) is 11.3 Å². The monoisotopic (exact) mass is 376 g/mol. The van der Waals surface area contributed by atoms with Gasteiger partial charge in [-0.25, -0.2) is 4.39 Å². The van der Waals surface area contributed by atoms with Crippen LogP contribution in [-0.4, -0.2) is 38.1 Å². The van der Waals surface area contributed by atoms with Crippen LogP contribution < -0.4 is 15.6 Å². The van der Waals surface area contributed by atoms with E-state index in [1.165, 1.54) is 36.1 Å². The normalized spacial score (nSPS) is 11.6. The Balaban J connectivity index is 1.59. The lowest BCUT2D eigenvalue weighted by molar-refractivity contribution is -0.128. The summed E-state index contributed by atoms with van der Waals surface area (Å²) >= 11 is 1.16. The third-order valence-corrected chi connectivity index (χ3v) is 4.16. The molecule has 0 aliphatic heterocycles. The summed E-state index contributed by atoms with van der Waals surface area (Å²) in [6, 6.07) is 7.39. The second-order valence-electron chi connectivity index (χ2n) is 5.02. The number of benzene rings is 1. The van der Waals surface area contributed by atoms with Crippen molar-refractivity contribution >= 4 is 23.2 Å². The summed E-state index contributed by atoms with van der Waals surface area (Å²) in [7, 11) is 0. The molecule has 9 nitrogen and oxygen atoms in total. The van der Waals surface area contributed by atoms with E-state index in [0.29, 0.717) is 10.6 Å². The molecule has 2 heterocycles. The first-order valence-corrected chi connectivity index (χ1v) is 8.26. The van der Waals surface area contributed by atoms with Crippen molar-refractivity contribution in [2.75, 3.05) is 0 Å². The molecule has 0 fully saturated rings. The lowest BCUT2D eigenvalue weighted by atomic mass is 10.3. The van der Waals surface area contributed by atoms with Crippen LogP contribution >= 0.6 is 11.3 Å². The van der Waals surface area contributed by atoms with Crippen LogP contribution in [0.1, 0.15) is 16.6 Å². The number of para-hydroxylation sites is 1. The number of amides is 2. The molecule has 3 rings (SSSR count). The number of tetrazole rings is 1. The van der Waals surface area contributed by atoms with Crippen LogP contribution in [-0.2, 0) is 4.79 Å². The number of carbonyl (C=O) groups excluding carboxylic acids is 2. The van der Waals surface area contributed by atoms with E-state index in [-0.39, 0.29) is 5.75 Å². The van der Waals surface area contributed by atoms with Crippen LogP contribution in [0.5, 0.6) is 5.75 Å². The summed E-state index contributed by atoms with van der Waals surface area (Å²) in [5.41, 5.74) is 5.00. The average Bonchev–Trinajstić information content (AvgIpc) is 3.32. The van der Waals surface area contributed by atoms with Crippen LogP contribution in [0.3, 0.4) is 0 Å². The Morgan fingerprint density at radius 2 is 2.08 bits per heavy atom. The predicted molar refractivity (Wildman–Crippen MR) is 89.1 cm³/mol. The SMILES string of the molecule is CC(Oc1ccccc1F)C(=O)NNC(=O)c1sccc1-n1cnnn1. The smallest absolute Gasteiger partial charge is 0.281 e. The number of ether oxygens (including phenoxy) is 1. The maximum atomic E-state index is 13.5. The van der Waals surface area contributed by atoms with Crippen LogP contribution in [0, 0.1) is 5.82 Å². The zero-order valence-corrected chi connectivity index (χ0v) is 14.2. The van der Waals surface area contributed by atoms with Crippen LogP contribution in [0.2, 0.25) is 0 Å². The first-order chi connectivity index (χ1) is 12.6. The number of hydrazine groups is 1. The quantitative estimate of drug-likeness (QED) is 0.645. The third kappa shape index (κ3) is 3.83. The summed E-state index contributed by atoms with van der Waals surface area (Å²) in [5.74, 6) is -1.82. The molecule has 2 amide bonds. The molecular weight excluding hydrogens is 363 g/mol. The van der Waals surface area contributed by atoms with Crippen LogP contribution in [0.4, 0.5) is 4.39 Å². The van der Waals surface area contributed by atoms with Crippen molar-refractivity contribution in [1.82, 2.24) is 31.1 Å². The number of aromatic nitrogens is 4. The van der Waals surface area contributed by atoms with Gasteiger partial charge in [-0.1, -0.05) is 12.1 Å². The molecule has 0 saturated heterocycles. The maximum absolute atomic E-state index is 13.5. The highest BCUT2D eigenvalue weighted by Crippen LogP contribution is 2.19. The Morgan fingerprint density at radius 1 is 1.27 bits per heavy atom. The van der Waals surface area contributed by atoms with Gasteiger partial charge in [-0.15, -0.1) is 16.4 Å². The number of hydrogen-bond acceptors (Lipinski definition) is 7. The molecule has 0 radical (unpaired) electrons. The van der Waals surface area contributed by atoms with Crippen molar-refractivity contribution in [3.05, 3.63) is 52.7 Å². The number of carbonyl (C=O) groups is 2. The zero-order chi connectivity index (χ0) is 18.5. The van der Waals surface area contributed by atoms with Gasteiger partial charge in [-0.3, -0.25) is 20.4 Å². The molecule has 26 heavy (non-hydrogen) atoms. The summed E-state index contributed by atoms with van der Waals surface area (Å²) in [4.78, 5) is 24.6. The molecule has 0 aliphatic rings. The lowest BCUT2D eigenvalue weighted by Crippen LogP contribution is -2.47. The minimum absolute atomic E-state index is 0.0549. The van der Waals surface area contributed by atoms with E-state index in [4.69, 9.17) is 4.74 Å². The van der Waals surface area contributed by atoms with Crippen molar-refractivity contribution in [2.45, 2.75) is 13.0 Å². The molecule has 1 atom stereocenters. The van der Waals surface area contributed by atoms with E-state index in [1.807, 2.05) is 0 Å². The van der Waals surface area contributed by atoms with Gasteiger partial charge in [0.2, 0.25) is 0 Å². The molecular formula is C15H13FN6O3S. The lowest BCUT2D eigenvalue weighted by Gasteiger charge is -2.15. The number of hydrogen-bond donors (Lipinski definition) is 2. The number of nitrogens with zero attached hydrogens (tertiary/aromatic N) is 4. The van der Waals surface area contributed by atoms with E-state index >= 15 is 0 Å². The fourth-order valence-electron chi connectivity index (χ4n) is 1.99. The summed E-state index contributed by atoms with van der Waals surface area (Å²) in [6.45, 7) is 1.44. The molecule has 3 aromatic rings. The standard InChI is InChI=1S/C15H13FN6O3S/c1-9(25-12-5-3-2-4-10(12)16)14(23)18-19-15(24)13-11(6-7-26-13)22-8-17-20-21-22/h2-9H,1H3,(H,18,23)(H,19,24). The maximum Gasteiger partial charge on any atom is 0.281 e. The second-order valence-corrected chi connectivity index (χ2v) is 5.94. The van der Waals surface area contributed by atoms with Gasteiger partial charge >= 0.3 is 0 Å². The van der Waals surface area contributed by atoms with Crippen molar-refractivity contribution < 1.29 is 18.7 Å². The molecule has 11 heteroatoms. The first-order valence-electron chi connectivity index (χ1n) is 7.38. The summed E-state index contributed by atoms with van der Waals surface area (Å²) in [6.07, 6.45) is 0.330. The summed E-state index contributed by atoms with van der Waals surface area (Å²) in [5, 5.41) is 12.4. The van der Waals surface area contributed by atoms with E-state index < -0.39 is 23.7 Å². The highest BCUT2D eigenvalue weighted by molar-refractivity contribution is 7.12. The largest absolute Gasteiger partial charge is 0.478 e. The van der Waals surface area contributed by atoms with Crippen molar-refractivity contribution in [1.29, 1.82) is 0 Å². The topological polar surface area (TPSA) is 111 Å². The minimum atomic E-state index is -1.02. The number of nitrogens with one attached hydrogen (secondary N) is 2.